The number of hydrogen-bond donors (Lipinski definition) is 2. The third kappa shape index (κ3) is 4.07. The SMILES string of the molecule is Cc1ccc(Oc2ccc3c(c2)CN(C)[C@H]3CNc2cnccc2C(=O)O)cc1. The summed E-state index contributed by atoms with van der Waals surface area (Å²) in [5.41, 5.74) is 4.39. The number of ether oxygens (including phenoxy) is 1. The van der Waals surface area contributed by atoms with Crippen LogP contribution in [-0.2, 0) is 6.54 Å². The molecule has 1 aliphatic heterocycles. The van der Waals surface area contributed by atoms with Gasteiger partial charge in [-0.1, -0.05) is 23.8 Å². The van der Waals surface area contributed by atoms with Gasteiger partial charge in [-0.05, 0) is 55.4 Å². The van der Waals surface area contributed by atoms with Crippen molar-refractivity contribution in [3.63, 3.8) is 0 Å². The monoisotopic (exact) mass is 389 g/mol. The number of aromatic carboxylic acids is 1. The summed E-state index contributed by atoms with van der Waals surface area (Å²) in [6.45, 7) is 3.45. The number of hydrogen-bond acceptors (Lipinski definition) is 5. The molecule has 6 heteroatoms. The number of carboxylic acids is 1. The van der Waals surface area contributed by atoms with E-state index in [1.807, 2.05) is 37.3 Å². The molecule has 0 fully saturated rings. The van der Waals surface area contributed by atoms with Crippen LogP contribution in [0, 0.1) is 6.92 Å². The maximum atomic E-state index is 11.4. The summed E-state index contributed by atoms with van der Waals surface area (Å²) in [6, 6.07) is 15.8. The molecule has 1 aromatic heterocycles. The summed E-state index contributed by atoms with van der Waals surface area (Å²) in [7, 11) is 2.06. The van der Waals surface area contributed by atoms with Crippen LogP contribution in [0.2, 0.25) is 0 Å². The van der Waals surface area contributed by atoms with Crippen LogP contribution in [0.4, 0.5) is 5.69 Å². The van der Waals surface area contributed by atoms with Crippen LogP contribution in [-0.4, -0.2) is 34.6 Å². The molecule has 0 spiro atoms. The fourth-order valence-corrected chi connectivity index (χ4v) is 3.66. The fourth-order valence-electron chi connectivity index (χ4n) is 3.66. The summed E-state index contributed by atoms with van der Waals surface area (Å²) >= 11 is 0. The summed E-state index contributed by atoms with van der Waals surface area (Å²) in [6.07, 6.45) is 3.04. The second-order valence-electron chi connectivity index (χ2n) is 7.31. The molecule has 1 atom stereocenters. The predicted molar refractivity (Wildman–Crippen MR) is 112 cm³/mol. The Labute approximate surface area is 169 Å². The molecule has 0 bridgehead atoms. The largest absolute Gasteiger partial charge is 0.478 e. The Morgan fingerprint density at radius 3 is 2.72 bits per heavy atom. The highest BCUT2D eigenvalue weighted by Crippen LogP contribution is 2.36. The van der Waals surface area contributed by atoms with Crippen molar-refractivity contribution in [2.75, 3.05) is 18.9 Å². The summed E-state index contributed by atoms with van der Waals surface area (Å²) in [4.78, 5) is 17.7. The Bertz CT molecular complexity index is 1030. The normalized spacial score (nSPS) is 15.7. The number of nitrogens with zero attached hydrogens (tertiary/aromatic N) is 2. The topological polar surface area (TPSA) is 74.7 Å². The van der Waals surface area contributed by atoms with E-state index in [2.05, 4.69) is 34.4 Å². The van der Waals surface area contributed by atoms with Crippen LogP contribution in [0.5, 0.6) is 11.5 Å². The molecule has 2 aromatic carbocycles. The quantitative estimate of drug-likeness (QED) is 0.648. The van der Waals surface area contributed by atoms with E-state index in [-0.39, 0.29) is 11.6 Å². The molecule has 2 N–H and O–H groups in total. The number of likely N-dealkylation sites (N-methyl/N-ethyl adjacent to an activating group) is 1. The van der Waals surface area contributed by atoms with Gasteiger partial charge in [0.05, 0.1) is 23.5 Å². The molecule has 4 rings (SSSR count). The van der Waals surface area contributed by atoms with E-state index in [9.17, 15) is 9.90 Å². The number of benzene rings is 2. The molecule has 0 saturated heterocycles. The summed E-state index contributed by atoms with van der Waals surface area (Å²) in [5, 5.41) is 12.6. The van der Waals surface area contributed by atoms with Crippen molar-refractivity contribution in [2.45, 2.75) is 19.5 Å². The number of carbonyl (C=O) groups is 1. The number of pyridine rings is 1. The van der Waals surface area contributed by atoms with Gasteiger partial charge in [-0.3, -0.25) is 9.88 Å². The van der Waals surface area contributed by atoms with Crippen molar-refractivity contribution < 1.29 is 14.6 Å². The first kappa shape index (κ1) is 19.0. The highest BCUT2D eigenvalue weighted by Gasteiger charge is 2.28. The highest BCUT2D eigenvalue weighted by molar-refractivity contribution is 5.93. The van der Waals surface area contributed by atoms with Crippen LogP contribution >= 0.6 is 0 Å². The van der Waals surface area contributed by atoms with Gasteiger partial charge in [0.15, 0.2) is 0 Å². The van der Waals surface area contributed by atoms with Gasteiger partial charge in [-0.2, -0.15) is 0 Å². The van der Waals surface area contributed by atoms with Crippen molar-refractivity contribution in [3.05, 3.63) is 83.2 Å². The molecule has 0 saturated carbocycles. The minimum Gasteiger partial charge on any atom is -0.478 e. The minimum atomic E-state index is -0.965. The van der Waals surface area contributed by atoms with Gasteiger partial charge in [0, 0.05) is 19.3 Å². The average molecular weight is 389 g/mol. The van der Waals surface area contributed by atoms with Gasteiger partial charge in [0.2, 0.25) is 0 Å². The molecular weight excluding hydrogens is 366 g/mol. The van der Waals surface area contributed by atoms with Crippen molar-refractivity contribution >= 4 is 11.7 Å². The lowest BCUT2D eigenvalue weighted by molar-refractivity contribution is 0.0697. The van der Waals surface area contributed by atoms with Gasteiger partial charge in [-0.15, -0.1) is 0 Å². The predicted octanol–water partition coefficient (Wildman–Crippen LogP) is 4.48. The maximum Gasteiger partial charge on any atom is 0.337 e. The highest BCUT2D eigenvalue weighted by atomic mass is 16.5. The van der Waals surface area contributed by atoms with E-state index in [1.54, 1.807) is 6.20 Å². The zero-order valence-electron chi connectivity index (χ0n) is 16.4. The molecule has 0 amide bonds. The van der Waals surface area contributed by atoms with Gasteiger partial charge in [-0.25, -0.2) is 4.79 Å². The van der Waals surface area contributed by atoms with Crippen LogP contribution in [0.15, 0.2) is 60.9 Å². The van der Waals surface area contributed by atoms with Crippen LogP contribution < -0.4 is 10.1 Å². The number of carboxylic acid groups (broad SMARTS) is 1. The van der Waals surface area contributed by atoms with E-state index in [1.165, 1.54) is 29.0 Å². The number of aryl methyl sites for hydroxylation is 1. The van der Waals surface area contributed by atoms with E-state index in [4.69, 9.17) is 4.74 Å². The first-order valence-corrected chi connectivity index (χ1v) is 9.50. The standard InChI is InChI=1S/C23H23N3O3/c1-15-3-5-17(6-4-15)29-18-7-8-19-16(11-18)14-26(2)22(19)13-25-21-12-24-10-9-20(21)23(27)28/h3-12,22,25H,13-14H2,1-2H3,(H,27,28)/t22-/m0/s1. The molecule has 3 aromatic rings. The fraction of sp³-hybridized carbons (Fsp3) is 0.217. The summed E-state index contributed by atoms with van der Waals surface area (Å²) in [5.74, 6) is 0.668. The van der Waals surface area contributed by atoms with Crippen molar-refractivity contribution in [2.24, 2.45) is 0 Å². The number of aromatic nitrogens is 1. The number of rotatable bonds is 6. The average Bonchev–Trinajstić information content (AvgIpc) is 3.02. The van der Waals surface area contributed by atoms with Gasteiger partial charge in [0.25, 0.3) is 0 Å². The Balaban J connectivity index is 1.49. The lowest BCUT2D eigenvalue weighted by Gasteiger charge is -2.22. The van der Waals surface area contributed by atoms with Crippen LogP contribution in [0.25, 0.3) is 0 Å². The molecule has 148 valence electrons. The molecule has 1 aliphatic rings. The van der Waals surface area contributed by atoms with Gasteiger partial charge < -0.3 is 15.2 Å². The molecule has 0 aliphatic carbocycles. The smallest absolute Gasteiger partial charge is 0.337 e. The molecule has 0 unspecified atom stereocenters. The minimum absolute atomic E-state index is 0.139. The number of anilines is 1. The van der Waals surface area contributed by atoms with Crippen molar-refractivity contribution in [3.8, 4) is 11.5 Å². The Morgan fingerprint density at radius 1 is 1.21 bits per heavy atom. The Kier molecular flexibility index (Phi) is 5.18. The van der Waals surface area contributed by atoms with E-state index >= 15 is 0 Å². The third-order valence-electron chi connectivity index (χ3n) is 5.22. The van der Waals surface area contributed by atoms with E-state index in [0.29, 0.717) is 12.2 Å². The lowest BCUT2D eigenvalue weighted by atomic mass is 10.0. The Hall–Kier alpha value is -3.38. The Morgan fingerprint density at radius 2 is 1.97 bits per heavy atom. The number of nitrogens with one attached hydrogen (secondary N) is 1. The van der Waals surface area contributed by atoms with Crippen LogP contribution in [0.3, 0.4) is 0 Å². The van der Waals surface area contributed by atoms with E-state index < -0.39 is 5.97 Å². The first-order valence-electron chi connectivity index (χ1n) is 9.50. The van der Waals surface area contributed by atoms with Crippen molar-refractivity contribution in [1.82, 2.24) is 9.88 Å². The molecule has 29 heavy (non-hydrogen) atoms. The molecular formula is C23H23N3O3. The third-order valence-corrected chi connectivity index (χ3v) is 5.22. The van der Waals surface area contributed by atoms with E-state index in [0.717, 1.165) is 18.0 Å². The molecule has 0 radical (unpaired) electrons. The lowest BCUT2D eigenvalue weighted by Crippen LogP contribution is -2.24. The van der Waals surface area contributed by atoms with Gasteiger partial charge >= 0.3 is 5.97 Å². The zero-order valence-corrected chi connectivity index (χ0v) is 16.4. The van der Waals surface area contributed by atoms with Gasteiger partial charge in [0.1, 0.15) is 11.5 Å². The summed E-state index contributed by atoms with van der Waals surface area (Å²) < 4.78 is 5.99. The van der Waals surface area contributed by atoms with Crippen molar-refractivity contribution in [1.29, 1.82) is 0 Å². The first-order chi connectivity index (χ1) is 14.0. The maximum absolute atomic E-state index is 11.4. The number of fused-ring (bicyclic) bond motifs is 1. The second kappa shape index (κ2) is 7.93. The molecule has 2 heterocycles. The van der Waals surface area contributed by atoms with Crippen LogP contribution in [0.1, 0.15) is 33.1 Å². The molecule has 6 nitrogen and oxygen atoms in total. The second-order valence-corrected chi connectivity index (χ2v) is 7.31. The zero-order chi connectivity index (χ0) is 20.4.